The topological polar surface area (TPSA) is 57.1 Å². The highest BCUT2D eigenvalue weighted by Crippen LogP contribution is 2.29. The number of likely N-dealkylation sites (N-methyl/N-ethyl adjacent to an activating group) is 1. The lowest BCUT2D eigenvalue weighted by atomic mass is 10.0. The molecule has 0 saturated heterocycles. The van der Waals surface area contributed by atoms with Gasteiger partial charge in [-0.15, -0.1) is 24.0 Å². The largest absolute Gasteiger partial charge is 0.489 e. The molecular formula is C18H29FIN3O2. The number of nitrogens with zero attached hydrogens (tertiary/aromatic N) is 2. The van der Waals surface area contributed by atoms with Gasteiger partial charge in [-0.25, -0.2) is 4.39 Å². The molecular weight excluding hydrogens is 436 g/mol. The van der Waals surface area contributed by atoms with Gasteiger partial charge in [0.1, 0.15) is 6.61 Å². The number of para-hydroxylation sites is 1. The summed E-state index contributed by atoms with van der Waals surface area (Å²) in [5, 5.41) is 13.6. The second-order valence-corrected chi connectivity index (χ2v) is 6.30. The second kappa shape index (κ2) is 10.8. The van der Waals surface area contributed by atoms with E-state index in [4.69, 9.17) is 4.74 Å². The summed E-state index contributed by atoms with van der Waals surface area (Å²) in [6.45, 7) is 4.08. The van der Waals surface area contributed by atoms with Crippen molar-refractivity contribution in [3.63, 3.8) is 0 Å². The van der Waals surface area contributed by atoms with Gasteiger partial charge >= 0.3 is 0 Å². The molecule has 1 aliphatic rings. The molecule has 142 valence electrons. The molecule has 1 aliphatic carbocycles. The summed E-state index contributed by atoms with van der Waals surface area (Å²) < 4.78 is 19.0. The van der Waals surface area contributed by atoms with Crippen molar-refractivity contribution in [1.29, 1.82) is 0 Å². The van der Waals surface area contributed by atoms with Gasteiger partial charge in [0.05, 0.1) is 18.7 Å². The Labute approximate surface area is 166 Å². The van der Waals surface area contributed by atoms with E-state index in [0.717, 1.165) is 38.2 Å². The number of guanidine groups is 1. The van der Waals surface area contributed by atoms with Crippen molar-refractivity contribution in [3.8, 4) is 5.75 Å². The van der Waals surface area contributed by atoms with Gasteiger partial charge in [0.15, 0.2) is 17.5 Å². The lowest BCUT2D eigenvalue weighted by Gasteiger charge is -2.25. The van der Waals surface area contributed by atoms with Gasteiger partial charge < -0.3 is 20.1 Å². The van der Waals surface area contributed by atoms with E-state index in [9.17, 15) is 9.50 Å². The smallest absolute Gasteiger partial charge is 0.193 e. The van der Waals surface area contributed by atoms with Crippen molar-refractivity contribution < 1.29 is 14.2 Å². The van der Waals surface area contributed by atoms with Crippen LogP contribution in [0.3, 0.4) is 0 Å². The Morgan fingerprint density at radius 2 is 2.04 bits per heavy atom. The first-order valence-electron chi connectivity index (χ1n) is 8.63. The molecule has 1 saturated carbocycles. The minimum atomic E-state index is -0.662. The van der Waals surface area contributed by atoms with Gasteiger partial charge in [-0.05, 0) is 31.9 Å². The number of benzene rings is 1. The van der Waals surface area contributed by atoms with Crippen LogP contribution >= 0.6 is 24.0 Å². The fourth-order valence-electron chi connectivity index (χ4n) is 2.84. The van der Waals surface area contributed by atoms with Crippen LogP contribution in [0.5, 0.6) is 5.75 Å². The summed E-state index contributed by atoms with van der Waals surface area (Å²) in [5.74, 6) is 0.632. The Morgan fingerprint density at radius 3 is 2.68 bits per heavy atom. The molecule has 1 aromatic carbocycles. The predicted octanol–water partition coefficient (Wildman–Crippen LogP) is 3.02. The molecule has 0 spiro atoms. The molecule has 2 N–H and O–H groups in total. The molecule has 0 radical (unpaired) electrons. The summed E-state index contributed by atoms with van der Waals surface area (Å²) in [4.78, 5) is 6.50. The van der Waals surface area contributed by atoms with E-state index in [0.29, 0.717) is 19.7 Å². The highest BCUT2D eigenvalue weighted by molar-refractivity contribution is 14.0. The number of ether oxygens (including phenoxy) is 1. The van der Waals surface area contributed by atoms with Gasteiger partial charge in [-0.3, -0.25) is 4.99 Å². The normalized spacial score (nSPS) is 16.2. The number of hydrogen-bond donors (Lipinski definition) is 2. The molecule has 0 heterocycles. The molecule has 25 heavy (non-hydrogen) atoms. The molecule has 7 heteroatoms. The van der Waals surface area contributed by atoms with Gasteiger partial charge in [-0.2, -0.15) is 0 Å². The van der Waals surface area contributed by atoms with E-state index in [1.165, 1.54) is 6.07 Å². The molecule has 0 aromatic heterocycles. The Balaban J connectivity index is 0.00000312. The average Bonchev–Trinajstić information content (AvgIpc) is 3.00. The molecule has 1 aromatic rings. The minimum absolute atomic E-state index is 0. The maximum Gasteiger partial charge on any atom is 0.193 e. The Bertz CT molecular complexity index is 551. The second-order valence-electron chi connectivity index (χ2n) is 6.30. The maximum atomic E-state index is 13.5. The lowest BCUT2D eigenvalue weighted by molar-refractivity contribution is 0.0572. The number of aliphatic imine (C=N–C) groups is 1. The van der Waals surface area contributed by atoms with Crippen molar-refractivity contribution in [2.45, 2.75) is 38.2 Å². The zero-order valence-corrected chi connectivity index (χ0v) is 17.3. The van der Waals surface area contributed by atoms with Crippen LogP contribution in [-0.2, 0) is 0 Å². The molecule has 0 aliphatic heterocycles. The summed E-state index contributed by atoms with van der Waals surface area (Å²) in [7, 11) is 1.91. The van der Waals surface area contributed by atoms with E-state index in [-0.39, 0.29) is 35.5 Å². The number of hydrogen-bond acceptors (Lipinski definition) is 3. The third-order valence-corrected chi connectivity index (χ3v) is 4.27. The highest BCUT2D eigenvalue weighted by Gasteiger charge is 2.30. The maximum absolute atomic E-state index is 13.5. The highest BCUT2D eigenvalue weighted by atomic mass is 127. The molecule has 0 atom stereocenters. The molecule has 0 bridgehead atoms. The zero-order valence-electron chi connectivity index (χ0n) is 15.0. The van der Waals surface area contributed by atoms with Gasteiger partial charge in [-0.1, -0.05) is 25.0 Å². The van der Waals surface area contributed by atoms with E-state index < -0.39 is 5.60 Å². The predicted molar refractivity (Wildman–Crippen MR) is 109 cm³/mol. The number of aliphatic hydroxyl groups is 1. The van der Waals surface area contributed by atoms with E-state index in [1.807, 2.05) is 18.9 Å². The first-order valence-corrected chi connectivity index (χ1v) is 8.63. The van der Waals surface area contributed by atoms with Crippen LogP contribution in [0, 0.1) is 5.82 Å². The quantitative estimate of drug-likeness (QED) is 0.370. The molecule has 1 fully saturated rings. The summed E-state index contributed by atoms with van der Waals surface area (Å²) >= 11 is 0. The number of halogens is 2. The van der Waals surface area contributed by atoms with Crippen molar-refractivity contribution in [2.75, 3.05) is 33.3 Å². The van der Waals surface area contributed by atoms with Crippen LogP contribution < -0.4 is 10.1 Å². The molecule has 0 amide bonds. The van der Waals surface area contributed by atoms with Crippen LogP contribution in [-0.4, -0.2) is 54.9 Å². The monoisotopic (exact) mass is 465 g/mol. The fourth-order valence-corrected chi connectivity index (χ4v) is 2.84. The number of nitrogens with one attached hydrogen (secondary N) is 1. The fraction of sp³-hybridized carbons (Fsp3) is 0.611. The first-order chi connectivity index (χ1) is 11.5. The molecule has 2 rings (SSSR count). The zero-order chi connectivity index (χ0) is 17.4. The summed E-state index contributed by atoms with van der Waals surface area (Å²) in [6.07, 6.45) is 3.76. The Hall–Kier alpha value is -1.09. The van der Waals surface area contributed by atoms with Crippen molar-refractivity contribution >= 4 is 29.9 Å². The molecule has 5 nitrogen and oxygen atoms in total. The van der Waals surface area contributed by atoms with E-state index >= 15 is 0 Å². The van der Waals surface area contributed by atoms with Crippen molar-refractivity contribution in [3.05, 3.63) is 30.1 Å². The van der Waals surface area contributed by atoms with Crippen molar-refractivity contribution in [2.24, 2.45) is 4.99 Å². The minimum Gasteiger partial charge on any atom is -0.489 e. The average molecular weight is 465 g/mol. The summed E-state index contributed by atoms with van der Waals surface area (Å²) in [5.41, 5.74) is -0.662. The van der Waals surface area contributed by atoms with E-state index in [2.05, 4.69) is 10.3 Å². The van der Waals surface area contributed by atoms with Crippen molar-refractivity contribution in [1.82, 2.24) is 10.2 Å². The lowest BCUT2D eigenvalue weighted by Crippen LogP contribution is -2.42. The van der Waals surface area contributed by atoms with E-state index in [1.54, 1.807) is 18.2 Å². The Kier molecular flexibility index (Phi) is 9.48. The molecule has 0 unspecified atom stereocenters. The van der Waals surface area contributed by atoms with Crippen LogP contribution in [0.1, 0.15) is 32.6 Å². The third-order valence-electron chi connectivity index (χ3n) is 4.27. The van der Waals surface area contributed by atoms with Crippen LogP contribution in [0.15, 0.2) is 29.3 Å². The van der Waals surface area contributed by atoms with Gasteiger partial charge in [0.25, 0.3) is 0 Å². The third kappa shape index (κ3) is 6.97. The Morgan fingerprint density at radius 1 is 1.36 bits per heavy atom. The van der Waals surface area contributed by atoms with Gasteiger partial charge in [0.2, 0.25) is 0 Å². The first kappa shape index (κ1) is 22.0. The van der Waals surface area contributed by atoms with Crippen LogP contribution in [0.2, 0.25) is 0 Å². The SMILES string of the molecule is CCNC(=NCC1(O)CCCC1)N(C)CCOc1ccccc1F.I. The van der Waals surface area contributed by atoms with Crippen LogP contribution in [0.4, 0.5) is 4.39 Å². The standard InChI is InChI=1S/C18H28FN3O2.HI/c1-3-20-17(21-14-18(23)10-6-7-11-18)22(2)12-13-24-16-9-5-4-8-15(16)19;/h4-5,8-9,23H,3,6-7,10-14H2,1-2H3,(H,20,21);1H. The van der Waals surface area contributed by atoms with Gasteiger partial charge in [0, 0.05) is 13.6 Å². The summed E-state index contributed by atoms with van der Waals surface area (Å²) in [6, 6.07) is 6.38. The van der Waals surface area contributed by atoms with Crippen LogP contribution in [0.25, 0.3) is 0 Å². The number of rotatable bonds is 7.